The Kier molecular flexibility index (Phi) is 3.77. The molecule has 23 heavy (non-hydrogen) atoms. The van der Waals surface area contributed by atoms with Gasteiger partial charge < -0.3 is 5.73 Å². The Morgan fingerprint density at radius 3 is 2.65 bits per heavy atom. The molecule has 3 rings (SSSR count). The Bertz CT molecular complexity index is 937. The van der Waals surface area contributed by atoms with Crippen LogP contribution in [0.1, 0.15) is 11.1 Å². The molecule has 0 spiro atoms. The van der Waals surface area contributed by atoms with Gasteiger partial charge >= 0.3 is 0 Å². The number of benzene rings is 1. The molecule has 114 valence electrons. The SMILES string of the molecule is Cc1cc(Cl)ccc1-c1cc(-c2cnn(C)c2)nc(N)c1C#N. The number of nitrogen functional groups attached to an aromatic ring is 1. The summed E-state index contributed by atoms with van der Waals surface area (Å²) in [5.74, 6) is 0.207. The maximum absolute atomic E-state index is 9.46. The van der Waals surface area contributed by atoms with Gasteiger partial charge in [-0.15, -0.1) is 0 Å². The Labute approximate surface area is 139 Å². The van der Waals surface area contributed by atoms with Crippen molar-refractivity contribution in [1.29, 1.82) is 5.26 Å². The second-order valence-electron chi connectivity index (χ2n) is 5.29. The van der Waals surface area contributed by atoms with Crippen LogP contribution in [0.15, 0.2) is 36.7 Å². The molecule has 3 aromatic rings. The van der Waals surface area contributed by atoms with Gasteiger partial charge in [-0.3, -0.25) is 4.68 Å². The number of nitrogens with two attached hydrogens (primary N) is 1. The van der Waals surface area contributed by atoms with E-state index in [1.807, 2.05) is 38.4 Å². The van der Waals surface area contributed by atoms with Gasteiger partial charge in [-0.2, -0.15) is 10.4 Å². The van der Waals surface area contributed by atoms with E-state index < -0.39 is 0 Å². The first-order valence-corrected chi connectivity index (χ1v) is 7.33. The number of nitriles is 1. The summed E-state index contributed by atoms with van der Waals surface area (Å²) >= 11 is 6.03. The lowest BCUT2D eigenvalue weighted by molar-refractivity contribution is 0.768. The fourth-order valence-corrected chi connectivity index (χ4v) is 2.75. The van der Waals surface area contributed by atoms with Gasteiger partial charge in [0.05, 0.1) is 11.9 Å². The normalized spacial score (nSPS) is 10.5. The average Bonchev–Trinajstić information content (AvgIpc) is 2.93. The first-order valence-electron chi connectivity index (χ1n) is 6.95. The predicted molar refractivity (Wildman–Crippen MR) is 90.7 cm³/mol. The van der Waals surface area contributed by atoms with Crippen LogP contribution in [-0.2, 0) is 7.05 Å². The van der Waals surface area contributed by atoms with E-state index in [-0.39, 0.29) is 5.82 Å². The highest BCUT2D eigenvalue weighted by Crippen LogP contribution is 2.33. The lowest BCUT2D eigenvalue weighted by atomic mass is 9.96. The molecule has 0 amide bonds. The van der Waals surface area contributed by atoms with Gasteiger partial charge in [0, 0.05) is 29.4 Å². The van der Waals surface area contributed by atoms with Crippen LogP contribution in [0, 0.1) is 18.3 Å². The summed E-state index contributed by atoms with van der Waals surface area (Å²) < 4.78 is 1.69. The van der Waals surface area contributed by atoms with E-state index in [0.29, 0.717) is 16.3 Å². The molecule has 0 fully saturated rings. The molecule has 5 nitrogen and oxygen atoms in total. The Hall–Kier alpha value is -2.84. The van der Waals surface area contributed by atoms with Crippen molar-refractivity contribution in [2.24, 2.45) is 7.05 Å². The largest absolute Gasteiger partial charge is 0.383 e. The van der Waals surface area contributed by atoms with Crippen LogP contribution in [-0.4, -0.2) is 14.8 Å². The van der Waals surface area contributed by atoms with E-state index in [9.17, 15) is 5.26 Å². The number of pyridine rings is 1. The number of aromatic nitrogens is 3. The summed E-state index contributed by atoms with van der Waals surface area (Å²) in [6.07, 6.45) is 3.57. The zero-order valence-electron chi connectivity index (χ0n) is 12.7. The number of halogens is 1. The summed E-state index contributed by atoms with van der Waals surface area (Å²) in [5.41, 5.74) is 10.5. The minimum atomic E-state index is 0.207. The highest BCUT2D eigenvalue weighted by atomic mass is 35.5. The highest BCUT2D eigenvalue weighted by Gasteiger charge is 2.15. The fourth-order valence-electron chi connectivity index (χ4n) is 2.53. The number of aryl methyl sites for hydroxylation is 2. The standard InChI is InChI=1S/C17H14ClN5/c1-10-5-12(18)3-4-13(10)14-6-16(11-8-21-23(2)9-11)22-17(20)15(14)7-19/h3-6,8-9H,1-2H3,(H2,20,22). The molecule has 0 atom stereocenters. The molecule has 2 aromatic heterocycles. The summed E-state index contributed by atoms with van der Waals surface area (Å²) in [6, 6.07) is 9.56. The summed E-state index contributed by atoms with van der Waals surface area (Å²) in [5, 5.41) is 14.3. The maximum atomic E-state index is 9.46. The van der Waals surface area contributed by atoms with Gasteiger partial charge in [-0.25, -0.2) is 4.98 Å². The molecule has 1 aromatic carbocycles. The minimum Gasteiger partial charge on any atom is -0.383 e. The molecule has 0 aliphatic heterocycles. The number of hydrogen-bond donors (Lipinski definition) is 1. The molecule has 2 heterocycles. The van der Waals surface area contributed by atoms with Gasteiger partial charge in [0.15, 0.2) is 0 Å². The van der Waals surface area contributed by atoms with Crippen molar-refractivity contribution in [2.45, 2.75) is 6.92 Å². The first-order chi connectivity index (χ1) is 11.0. The Morgan fingerprint density at radius 1 is 1.26 bits per heavy atom. The smallest absolute Gasteiger partial charge is 0.142 e. The first kappa shape index (κ1) is 15.1. The minimum absolute atomic E-state index is 0.207. The molecular formula is C17H14ClN5. The molecule has 0 aliphatic rings. The number of anilines is 1. The highest BCUT2D eigenvalue weighted by molar-refractivity contribution is 6.30. The van der Waals surface area contributed by atoms with Gasteiger partial charge in [-0.1, -0.05) is 17.7 Å². The molecule has 0 unspecified atom stereocenters. The predicted octanol–water partition coefficient (Wildman–Crippen LogP) is 3.56. The van der Waals surface area contributed by atoms with Gasteiger partial charge in [0.1, 0.15) is 17.5 Å². The van der Waals surface area contributed by atoms with Crippen molar-refractivity contribution in [3.05, 3.63) is 52.8 Å². The van der Waals surface area contributed by atoms with E-state index in [2.05, 4.69) is 16.2 Å². The third-order valence-corrected chi connectivity index (χ3v) is 3.87. The fraction of sp³-hybridized carbons (Fsp3) is 0.118. The molecule has 0 aliphatic carbocycles. The van der Waals surface area contributed by atoms with Gasteiger partial charge in [-0.05, 0) is 36.2 Å². The molecule has 0 radical (unpaired) electrons. The molecule has 6 heteroatoms. The molecule has 0 saturated carbocycles. The monoisotopic (exact) mass is 323 g/mol. The molecular weight excluding hydrogens is 310 g/mol. The van der Waals surface area contributed by atoms with Gasteiger partial charge in [0.2, 0.25) is 0 Å². The van der Waals surface area contributed by atoms with Crippen molar-refractivity contribution in [2.75, 3.05) is 5.73 Å². The van der Waals surface area contributed by atoms with Crippen molar-refractivity contribution < 1.29 is 0 Å². The Morgan fingerprint density at radius 2 is 2.04 bits per heavy atom. The zero-order valence-corrected chi connectivity index (χ0v) is 13.5. The Balaban J connectivity index is 2.26. The molecule has 0 saturated heterocycles. The van der Waals surface area contributed by atoms with Crippen LogP contribution in [0.5, 0.6) is 0 Å². The topological polar surface area (TPSA) is 80.5 Å². The van der Waals surface area contributed by atoms with Crippen LogP contribution >= 0.6 is 11.6 Å². The van der Waals surface area contributed by atoms with Crippen molar-refractivity contribution >= 4 is 17.4 Å². The maximum Gasteiger partial charge on any atom is 0.142 e. The second kappa shape index (κ2) is 5.75. The van der Waals surface area contributed by atoms with E-state index in [1.165, 1.54) is 0 Å². The van der Waals surface area contributed by atoms with E-state index in [0.717, 1.165) is 22.3 Å². The van der Waals surface area contributed by atoms with Crippen LogP contribution in [0.25, 0.3) is 22.4 Å². The van der Waals surface area contributed by atoms with Crippen LogP contribution in [0.2, 0.25) is 5.02 Å². The van der Waals surface area contributed by atoms with Crippen molar-refractivity contribution in [1.82, 2.24) is 14.8 Å². The third-order valence-electron chi connectivity index (χ3n) is 3.64. The number of nitrogens with zero attached hydrogens (tertiary/aromatic N) is 4. The number of hydrogen-bond acceptors (Lipinski definition) is 4. The summed E-state index contributed by atoms with van der Waals surface area (Å²) in [4.78, 5) is 4.34. The van der Waals surface area contributed by atoms with Crippen LogP contribution in [0.3, 0.4) is 0 Å². The molecule has 2 N–H and O–H groups in total. The average molecular weight is 324 g/mol. The van der Waals surface area contributed by atoms with Crippen molar-refractivity contribution in [3.8, 4) is 28.5 Å². The van der Waals surface area contributed by atoms with Gasteiger partial charge in [0.25, 0.3) is 0 Å². The van der Waals surface area contributed by atoms with E-state index in [1.54, 1.807) is 16.9 Å². The lowest BCUT2D eigenvalue weighted by Gasteiger charge is -2.11. The van der Waals surface area contributed by atoms with Crippen molar-refractivity contribution in [3.63, 3.8) is 0 Å². The lowest BCUT2D eigenvalue weighted by Crippen LogP contribution is -2.00. The third kappa shape index (κ3) is 2.77. The zero-order chi connectivity index (χ0) is 16.6. The summed E-state index contributed by atoms with van der Waals surface area (Å²) in [7, 11) is 1.83. The molecule has 0 bridgehead atoms. The summed E-state index contributed by atoms with van der Waals surface area (Å²) in [6.45, 7) is 1.95. The number of rotatable bonds is 2. The second-order valence-corrected chi connectivity index (χ2v) is 5.73. The van der Waals surface area contributed by atoms with E-state index in [4.69, 9.17) is 17.3 Å². The van der Waals surface area contributed by atoms with Crippen LogP contribution < -0.4 is 5.73 Å². The van der Waals surface area contributed by atoms with Crippen LogP contribution in [0.4, 0.5) is 5.82 Å². The van der Waals surface area contributed by atoms with E-state index >= 15 is 0 Å². The quantitative estimate of drug-likeness (QED) is 0.781.